The number of carbonyl (C=O) groups is 2. The Hall–Kier alpha value is -2.29. The van der Waals surface area contributed by atoms with Gasteiger partial charge in [-0.1, -0.05) is 25.3 Å². The summed E-state index contributed by atoms with van der Waals surface area (Å²) < 4.78 is 25.1. The highest BCUT2D eigenvalue weighted by atomic mass is 32.2. The molecule has 3 N–H and O–H groups in total. The lowest BCUT2D eigenvalue weighted by Crippen LogP contribution is -2.51. The fourth-order valence-corrected chi connectivity index (χ4v) is 4.50. The van der Waals surface area contributed by atoms with E-state index in [1.54, 1.807) is 18.2 Å². The van der Waals surface area contributed by atoms with Gasteiger partial charge < -0.3 is 15.5 Å². The lowest BCUT2D eigenvalue weighted by Gasteiger charge is -2.34. The van der Waals surface area contributed by atoms with Crippen LogP contribution in [0.4, 0.5) is 10.5 Å². The fourth-order valence-electron chi connectivity index (χ4n) is 3.95. The van der Waals surface area contributed by atoms with Crippen molar-refractivity contribution in [2.75, 3.05) is 24.1 Å². The van der Waals surface area contributed by atoms with Crippen LogP contribution < -0.4 is 15.4 Å². The van der Waals surface area contributed by atoms with Gasteiger partial charge in [0.05, 0.1) is 6.26 Å². The van der Waals surface area contributed by atoms with Gasteiger partial charge in [0.2, 0.25) is 10.0 Å². The maximum atomic E-state index is 12.5. The first-order chi connectivity index (χ1) is 13.8. The molecule has 0 spiro atoms. The molecule has 1 aliphatic carbocycles. The fraction of sp³-hybridized carbons (Fsp3) is 0.600. The second kappa shape index (κ2) is 9.47. The van der Waals surface area contributed by atoms with Crippen LogP contribution in [0.2, 0.25) is 0 Å². The molecule has 1 saturated carbocycles. The van der Waals surface area contributed by atoms with Crippen LogP contribution in [-0.4, -0.2) is 56.7 Å². The standard InChI is InChI=1S/C20H30N4O4S/c1-29(27,28)23-18-9-5-6-15(14-18)19(25)21-17-10-12-24(13-11-17)20(26)22-16-7-3-2-4-8-16/h5-6,9,14,16-17,23H,2-4,7-8,10-13H2,1H3,(H,21,25)(H,22,26). The molecule has 1 aromatic carbocycles. The van der Waals surface area contributed by atoms with E-state index in [9.17, 15) is 18.0 Å². The van der Waals surface area contributed by atoms with E-state index in [0.717, 1.165) is 19.1 Å². The van der Waals surface area contributed by atoms with E-state index in [1.807, 2.05) is 4.90 Å². The van der Waals surface area contributed by atoms with E-state index < -0.39 is 10.0 Å². The summed E-state index contributed by atoms with van der Waals surface area (Å²) in [7, 11) is -3.40. The highest BCUT2D eigenvalue weighted by molar-refractivity contribution is 7.92. The van der Waals surface area contributed by atoms with Crippen LogP contribution in [0.15, 0.2) is 24.3 Å². The van der Waals surface area contributed by atoms with Crippen LogP contribution in [0, 0.1) is 0 Å². The van der Waals surface area contributed by atoms with Crippen LogP contribution in [0.1, 0.15) is 55.3 Å². The van der Waals surface area contributed by atoms with Gasteiger partial charge in [-0.15, -0.1) is 0 Å². The van der Waals surface area contributed by atoms with Crippen LogP contribution in [0.25, 0.3) is 0 Å². The van der Waals surface area contributed by atoms with E-state index in [0.29, 0.717) is 43.2 Å². The van der Waals surface area contributed by atoms with Gasteiger partial charge in [-0.3, -0.25) is 9.52 Å². The smallest absolute Gasteiger partial charge is 0.317 e. The number of likely N-dealkylation sites (tertiary alicyclic amines) is 1. The molecule has 3 rings (SSSR count). The number of urea groups is 1. The number of nitrogens with zero attached hydrogens (tertiary/aromatic N) is 1. The predicted octanol–water partition coefficient (Wildman–Crippen LogP) is 2.29. The third-order valence-electron chi connectivity index (χ3n) is 5.48. The molecule has 1 saturated heterocycles. The topological polar surface area (TPSA) is 108 Å². The van der Waals surface area contributed by atoms with E-state index in [-0.39, 0.29) is 18.0 Å². The highest BCUT2D eigenvalue weighted by Gasteiger charge is 2.26. The molecule has 2 fully saturated rings. The molecule has 160 valence electrons. The minimum atomic E-state index is -3.40. The summed E-state index contributed by atoms with van der Waals surface area (Å²) >= 11 is 0. The molecule has 1 aromatic rings. The van der Waals surface area contributed by atoms with Crippen molar-refractivity contribution >= 4 is 27.6 Å². The second-order valence-electron chi connectivity index (χ2n) is 7.97. The zero-order chi connectivity index (χ0) is 20.9. The van der Waals surface area contributed by atoms with Crippen molar-refractivity contribution in [1.82, 2.24) is 15.5 Å². The van der Waals surface area contributed by atoms with Gasteiger partial charge in [0.15, 0.2) is 0 Å². The molecule has 0 atom stereocenters. The minimum absolute atomic E-state index is 0.00114. The molecular formula is C20H30N4O4S. The summed E-state index contributed by atoms with van der Waals surface area (Å²) in [5.74, 6) is -0.243. The molecule has 0 aromatic heterocycles. The number of carbonyl (C=O) groups excluding carboxylic acids is 2. The molecule has 1 heterocycles. The van der Waals surface area contributed by atoms with Crippen LogP contribution in [0.5, 0.6) is 0 Å². The third-order valence-corrected chi connectivity index (χ3v) is 6.08. The molecule has 29 heavy (non-hydrogen) atoms. The molecule has 1 aliphatic heterocycles. The lowest BCUT2D eigenvalue weighted by molar-refractivity contribution is 0.0917. The van der Waals surface area contributed by atoms with Crippen LogP contribution in [0.3, 0.4) is 0 Å². The van der Waals surface area contributed by atoms with Crippen molar-refractivity contribution in [3.05, 3.63) is 29.8 Å². The lowest BCUT2D eigenvalue weighted by atomic mass is 9.95. The molecule has 0 unspecified atom stereocenters. The van der Waals surface area contributed by atoms with Crippen molar-refractivity contribution < 1.29 is 18.0 Å². The minimum Gasteiger partial charge on any atom is -0.349 e. The Labute approximate surface area is 172 Å². The molecule has 3 amide bonds. The van der Waals surface area contributed by atoms with Gasteiger partial charge in [0.1, 0.15) is 0 Å². The summed E-state index contributed by atoms with van der Waals surface area (Å²) in [6.07, 6.45) is 8.20. The van der Waals surface area contributed by atoms with Crippen molar-refractivity contribution in [2.45, 2.75) is 57.0 Å². The molecule has 0 radical (unpaired) electrons. The molecule has 0 bridgehead atoms. The molecule has 2 aliphatic rings. The summed E-state index contributed by atoms with van der Waals surface area (Å²) in [4.78, 5) is 26.8. The first kappa shape index (κ1) is 21.4. The number of hydrogen-bond acceptors (Lipinski definition) is 4. The molecule has 9 heteroatoms. The van der Waals surface area contributed by atoms with E-state index in [2.05, 4.69) is 15.4 Å². The normalized spacial score (nSPS) is 18.9. The number of hydrogen-bond donors (Lipinski definition) is 3. The first-order valence-electron chi connectivity index (χ1n) is 10.2. The summed E-state index contributed by atoms with van der Waals surface area (Å²) in [5, 5.41) is 6.13. The monoisotopic (exact) mass is 422 g/mol. The molecular weight excluding hydrogens is 392 g/mol. The van der Waals surface area contributed by atoms with Gasteiger partial charge in [-0.2, -0.15) is 0 Å². The summed E-state index contributed by atoms with van der Waals surface area (Å²) in [5.41, 5.74) is 0.755. The SMILES string of the molecule is CS(=O)(=O)Nc1cccc(C(=O)NC2CCN(C(=O)NC3CCCCC3)CC2)c1. The zero-order valence-corrected chi connectivity index (χ0v) is 17.6. The van der Waals surface area contributed by atoms with Crippen molar-refractivity contribution in [1.29, 1.82) is 0 Å². The summed E-state index contributed by atoms with van der Waals surface area (Å²) in [6, 6.07) is 6.69. The number of sulfonamides is 1. The van der Waals surface area contributed by atoms with Gasteiger partial charge >= 0.3 is 6.03 Å². The highest BCUT2D eigenvalue weighted by Crippen LogP contribution is 2.19. The Morgan fingerprint density at radius 1 is 0.966 bits per heavy atom. The number of benzene rings is 1. The average Bonchev–Trinajstić information content (AvgIpc) is 2.68. The average molecular weight is 423 g/mol. The van der Waals surface area contributed by atoms with E-state index >= 15 is 0 Å². The Bertz CT molecular complexity index is 829. The third kappa shape index (κ3) is 6.62. The van der Waals surface area contributed by atoms with Gasteiger partial charge in [-0.25, -0.2) is 13.2 Å². The summed E-state index contributed by atoms with van der Waals surface area (Å²) in [6.45, 7) is 1.22. The Morgan fingerprint density at radius 3 is 2.28 bits per heavy atom. The Balaban J connectivity index is 1.47. The number of rotatable bonds is 5. The van der Waals surface area contributed by atoms with Crippen molar-refractivity contribution in [2.24, 2.45) is 0 Å². The maximum Gasteiger partial charge on any atom is 0.317 e. The van der Waals surface area contributed by atoms with Gasteiger partial charge in [0, 0.05) is 36.4 Å². The van der Waals surface area contributed by atoms with Gasteiger partial charge in [-0.05, 0) is 43.9 Å². The van der Waals surface area contributed by atoms with Crippen LogP contribution >= 0.6 is 0 Å². The second-order valence-corrected chi connectivity index (χ2v) is 9.72. The van der Waals surface area contributed by atoms with E-state index in [4.69, 9.17) is 0 Å². The van der Waals surface area contributed by atoms with Crippen molar-refractivity contribution in [3.8, 4) is 0 Å². The quantitative estimate of drug-likeness (QED) is 0.677. The van der Waals surface area contributed by atoms with Gasteiger partial charge in [0.25, 0.3) is 5.91 Å². The number of piperidine rings is 1. The molecule has 8 nitrogen and oxygen atoms in total. The Morgan fingerprint density at radius 2 is 1.62 bits per heavy atom. The number of anilines is 1. The zero-order valence-electron chi connectivity index (χ0n) is 16.8. The first-order valence-corrected chi connectivity index (χ1v) is 12.1. The van der Waals surface area contributed by atoms with Crippen LogP contribution in [-0.2, 0) is 10.0 Å². The van der Waals surface area contributed by atoms with Crippen molar-refractivity contribution in [3.63, 3.8) is 0 Å². The number of nitrogens with one attached hydrogen (secondary N) is 3. The Kier molecular flexibility index (Phi) is 7.00. The van der Waals surface area contributed by atoms with E-state index in [1.165, 1.54) is 25.3 Å². The number of amides is 3. The predicted molar refractivity (Wildman–Crippen MR) is 112 cm³/mol. The largest absolute Gasteiger partial charge is 0.349 e. The maximum absolute atomic E-state index is 12.5.